The van der Waals surface area contributed by atoms with E-state index in [2.05, 4.69) is 16.0 Å². The van der Waals surface area contributed by atoms with Crippen molar-refractivity contribution in [2.24, 2.45) is 0 Å². The van der Waals surface area contributed by atoms with Crippen LogP contribution in [0.1, 0.15) is 15.9 Å². The Labute approximate surface area is 197 Å². The highest BCUT2D eigenvalue weighted by atomic mass is 35.5. The van der Waals surface area contributed by atoms with E-state index in [0.29, 0.717) is 11.3 Å². The number of rotatable bonds is 4. The first-order chi connectivity index (χ1) is 16.2. The van der Waals surface area contributed by atoms with Gasteiger partial charge in [-0.1, -0.05) is 17.7 Å². The number of amides is 3. The summed E-state index contributed by atoms with van der Waals surface area (Å²) in [5, 5.41) is 8.05. The van der Waals surface area contributed by atoms with Crippen LogP contribution in [0.5, 0.6) is 0 Å². The van der Waals surface area contributed by atoms with Crippen LogP contribution in [0.15, 0.2) is 72.9 Å². The molecule has 1 heterocycles. The summed E-state index contributed by atoms with van der Waals surface area (Å²) in [6.45, 7) is 0. The summed E-state index contributed by atoms with van der Waals surface area (Å²) >= 11 is 5.60. The highest BCUT2D eigenvalue weighted by molar-refractivity contribution is 6.31. The van der Waals surface area contributed by atoms with E-state index in [1.54, 1.807) is 43.4 Å². The predicted molar refractivity (Wildman–Crippen MR) is 126 cm³/mol. The molecule has 0 spiro atoms. The van der Waals surface area contributed by atoms with Crippen LogP contribution in [0, 0.1) is 0 Å². The van der Waals surface area contributed by atoms with Crippen molar-refractivity contribution in [1.82, 2.24) is 9.88 Å². The van der Waals surface area contributed by atoms with Crippen molar-refractivity contribution in [2.75, 3.05) is 17.7 Å². The molecule has 0 aliphatic rings. The summed E-state index contributed by atoms with van der Waals surface area (Å²) in [6, 6.07) is 16.6. The van der Waals surface area contributed by atoms with Crippen LogP contribution in [-0.4, -0.2) is 23.6 Å². The zero-order valence-corrected chi connectivity index (χ0v) is 18.5. The lowest BCUT2D eigenvalue weighted by Crippen LogP contribution is -2.20. The fraction of sp³-hybridized carbons (Fsp3) is 0.0833. The summed E-state index contributed by atoms with van der Waals surface area (Å²) in [6.07, 6.45) is -2.77. The molecular weight excluding hydrogens is 469 g/mol. The van der Waals surface area contributed by atoms with Crippen molar-refractivity contribution in [3.8, 4) is 5.69 Å². The number of hydrogen-bond acceptors (Lipinski definition) is 2. The minimum absolute atomic E-state index is 0.0448. The molecule has 3 amide bonds. The lowest BCUT2D eigenvalue weighted by molar-refractivity contribution is -0.137. The van der Waals surface area contributed by atoms with E-state index in [1.165, 1.54) is 6.07 Å². The highest BCUT2D eigenvalue weighted by Gasteiger charge is 2.33. The van der Waals surface area contributed by atoms with Gasteiger partial charge in [0, 0.05) is 35.9 Å². The SMILES string of the molecule is CNC(=O)c1ccc2ccn(-c3ccc(NC(=O)Nc4ccc(Cl)c(C(F)(F)F)c4)cc3)c2c1. The van der Waals surface area contributed by atoms with Gasteiger partial charge in [-0.2, -0.15) is 13.2 Å². The first-order valence-electron chi connectivity index (χ1n) is 10.0. The number of carbonyl (C=O) groups is 2. The maximum atomic E-state index is 13.0. The molecular formula is C24H18ClF3N4O2. The molecule has 0 saturated carbocycles. The topological polar surface area (TPSA) is 75.2 Å². The number of hydrogen-bond donors (Lipinski definition) is 3. The number of aromatic nitrogens is 1. The van der Waals surface area contributed by atoms with E-state index in [9.17, 15) is 22.8 Å². The normalized spacial score (nSPS) is 11.3. The minimum Gasteiger partial charge on any atom is -0.355 e. The van der Waals surface area contributed by atoms with Gasteiger partial charge >= 0.3 is 12.2 Å². The Balaban J connectivity index is 1.49. The fourth-order valence-corrected chi connectivity index (χ4v) is 3.68. The fourth-order valence-electron chi connectivity index (χ4n) is 3.46. The molecule has 0 atom stereocenters. The van der Waals surface area contributed by atoms with Crippen molar-refractivity contribution in [2.45, 2.75) is 6.18 Å². The van der Waals surface area contributed by atoms with E-state index in [1.807, 2.05) is 22.9 Å². The van der Waals surface area contributed by atoms with Crippen LogP contribution in [0.3, 0.4) is 0 Å². The number of benzene rings is 3. The number of anilines is 2. The van der Waals surface area contributed by atoms with Gasteiger partial charge in [-0.15, -0.1) is 0 Å². The van der Waals surface area contributed by atoms with Gasteiger partial charge in [-0.3, -0.25) is 4.79 Å². The van der Waals surface area contributed by atoms with Crippen LogP contribution in [0.4, 0.5) is 29.3 Å². The van der Waals surface area contributed by atoms with E-state index < -0.39 is 22.8 Å². The minimum atomic E-state index is -4.63. The first-order valence-corrected chi connectivity index (χ1v) is 10.4. The third kappa shape index (κ3) is 4.84. The molecule has 10 heteroatoms. The zero-order chi connectivity index (χ0) is 24.5. The standard InChI is InChI=1S/C24H18ClF3N4O2/c1-29-22(33)15-3-2-14-10-11-32(21(14)12-15)18-7-4-16(5-8-18)30-23(34)31-17-6-9-20(25)19(13-17)24(26,27)28/h2-13H,1H3,(H,29,33)(H2,30,31,34). The zero-order valence-electron chi connectivity index (χ0n) is 17.7. The molecule has 0 aliphatic carbocycles. The Morgan fingerprint density at radius 2 is 1.56 bits per heavy atom. The lowest BCUT2D eigenvalue weighted by atomic mass is 10.1. The van der Waals surface area contributed by atoms with Crippen LogP contribution >= 0.6 is 11.6 Å². The summed E-state index contributed by atoms with van der Waals surface area (Å²) in [7, 11) is 1.57. The number of nitrogens with zero attached hydrogens (tertiary/aromatic N) is 1. The van der Waals surface area contributed by atoms with E-state index in [0.717, 1.165) is 28.7 Å². The second kappa shape index (κ2) is 9.11. The average molecular weight is 487 g/mol. The van der Waals surface area contributed by atoms with Gasteiger partial charge in [0.15, 0.2) is 0 Å². The molecule has 0 radical (unpaired) electrons. The molecule has 4 aromatic rings. The molecule has 4 rings (SSSR count). The smallest absolute Gasteiger partial charge is 0.355 e. The van der Waals surface area contributed by atoms with Gasteiger partial charge in [-0.05, 0) is 66.0 Å². The van der Waals surface area contributed by atoms with Crippen molar-refractivity contribution < 1.29 is 22.8 Å². The molecule has 0 fully saturated rings. The number of urea groups is 1. The Morgan fingerprint density at radius 1 is 0.882 bits per heavy atom. The molecule has 0 bridgehead atoms. The molecule has 6 nitrogen and oxygen atoms in total. The number of alkyl halides is 3. The predicted octanol–water partition coefficient (Wildman–Crippen LogP) is 6.31. The van der Waals surface area contributed by atoms with Crippen molar-refractivity contribution in [1.29, 1.82) is 0 Å². The quantitative estimate of drug-likeness (QED) is 0.316. The molecule has 0 aliphatic heterocycles. The van der Waals surface area contributed by atoms with E-state index in [-0.39, 0.29) is 11.6 Å². The van der Waals surface area contributed by atoms with E-state index >= 15 is 0 Å². The van der Waals surface area contributed by atoms with Crippen LogP contribution in [-0.2, 0) is 6.18 Å². The Morgan fingerprint density at radius 3 is 2.24 bits per heavy atom. The van der Waals surface area contributed by atoms with Crippen LogP contribution < -0.4 is 16.0 Å². The van der Waals surface area contributed by atoms with Crippen molar-refractivity contribution in [3.05, 3.63) is 89.1 Å². The average Bonchev–Trinajstić information content (AvgIpc) is 3.23. The third-order valence-electron chi connectivity index (χ3n) is 5.12. The largest absolute Gasteiger partial charge is 0.417 e. The van der Waals surface area contributed by atoms with E-state index in [4.69, 9.17) is 11.6 Å². The third-order valence-corrected chi connectivity index (χ3v) is 5.44. The highest BCUT2D eigenvalue weighted by Crippen LogP contribution is 2.36. The van der Waals surface area contributed by atoms with Gasteiger partial charge in [-0.25, -0.2) is 4.79 Å². The molecule has 3 N–H and O–H groups in total. The maximum Gasteiger partial charge on any atom is 0.417 e. The first kappa shape index (κ1) is 23.2. The van der Waals surface area contributed by atoms with Gasteiger partial charge in [0.25, 0.3) is 5.91 Å². The monoisotopic (exact) mass is 486 g/mol. The summed E-state index contributed by atoms with van der Waals surface area (Å²) < 4.78 is 40.9. The molecule has 34 heavy (non-hydrogen) atoms. The number of fused-ring (bicyclic) bond motifs is 1. The second-order valence-electron chi connectivity index (χ2n) is 7.36. The molecule has 0 unspecified atom stereocenters. The molecule has 3 aromatic carbocycles. The lowest BCUT2D eigenvalue weighted by Gasteiger charge is -2.13. The summed E-state index contributed by atoms with van der Waals surface area (Å²) in [5.41, 5.74) is 1.52. The summed E-state index contributed by atoms with van der Waals surface area (Å²) in [4.78, 5) is 24.2. The van der Waals surface area contributed by atoms with Crippen LogP contribution in [0.2, 0.25) is 5.02 Å². The second-order valence-corrected chi connectivity index (χ2v) is 7.76. The number of carbonyl (C=O) groups excluding carboxylic acids is 2. The van der Waals surface area contributed by atoms with Crippen LogP contribution in [0.25, 0.3) is 16.6 Å². The molecule has 0 saturated heterocycles. The van der Waals surface area contributed by atoms with Crippen molar-refractivity contribution >= 4 is 45.8 Å². The van der Waals surface area contributed by atoms with Crippen molar-refractivity contribution in [3.63, 3.8) is 0 Å². The molecule has 1 aromatic heterocycles. The maximum absolute atomic E-state index is 13.0. The summed E-state index contributed by atoms with van der Waals surface area (Å²) in [5.74, 6) is -0.191. The number of halogens is 4. The van der Waals surface area contributed by atoms with Gasteiger partial charge < -0.3 is 20.5 Å². The Bertz CT molecular complexity index is 1380. The van der Waals surface area contributed by atoms with Gasteiger partial charge in [0.1, 0.15) is 0 Å². The molecule has 174 valence electrons. The van der Waals surface area contributed by atoms with Gasteiger partial charge in [0.05, 0.1) is 16.1 Å². The van der Waals surface area contributed by atoms with Gasteiger partial charge in [0.2, 0.25) is 0 Å². The Hall–Kier alpha value is -3.98. The number of nitrogens with one attached hydrogen (secondary N) is 3. The Kier molecular flexibility index (Phi) is 6.21.